The number of benzene rings is 1. The first-order valence-electron chi connectivity index (χ1n) is 7.99. The molecule has 0 unspecified atom stereocenters. The van der Waals surface area contributed by atoms with Crippen LogP contribution in [0.15, 0.2) is 18.2 Å². The first-order chi connectivity index (χ1) is 10.6. The first kappa shape index (κ1) is 17.8. The van der Waals surface area contributed by atoms with E-state index in [0.29, 0.717) is 17.8 Å². The van der Waals surface area contributed by atoms with Crippen LogP contribution in [0.4, 0.5) is 5.69 Å². The highest BCUT2D eigenvalue weighted by Crippen LogP contribution is 2.32. The van der Waals surface area contributed by atoms with Gasteiger partial charge in [0.2, 0.25) is 5.91 Å². The Kier molecular flexibility index (Phi) is 5.65. The third-order valence-corrected chi connectivity index (χ3v) is 4.97. The van der Waals surface area contributed by atoms with Crippen molar-refractivity contribution in [3.63, 3.8) is 0 Å². The molecule has 1 fully saturated rings. The normalized spacial score (nSPS) is 23.2. The van der Waals surface area contributed by atoms with Gasteiger partial charge in [-0.1, -0.05) is 12.5 Å². The average Bonchev–Trinajstić information content (AvgIpc) is 3.00. The van der Waals surface area contributed by atoms with Crippen molar-refractivity contribution < 1.29 is 9.59 Å². The van der Waals surface area contributed by atoms with Gasteiger partial charge >= 0.3 is 0 Å². The zero-order valence-corrected chi connectivity index (χ0v) is 14.2. The molecule has 1 aliphatic carbocycles. The number of carbonyl (C=O) groups is 2. The fourth-order valence-electron chi connectivity index (χ4n) is 3.57. The lowest BCUT2D eigenvalue weighted by atomic mass is 9.95. The predicted octanol–water partition coefficient (Wildman–Crippen LogP) is 2.05. The van der Waals surface area contributed by atoms with E-state index in [9.17, 15) is 9.59 Å². The van der Waals surface area contributed by atoms with Crippen molar-refractivity contribution in [1.29, 1.82) is 0 Å². The molecule has 5 nitrogen and oxygen atoms in total. The molecule has 0 aromatic heterocycles. The molecular weight excluding hydrogens is 314 g/mol. The van der Waals surface area contributed by atoms with Crippen molar-refractivity contribution in [2.45, 2.75) is 25.7 Å². The minimum absolute atomic E-state index is 0. The molecule has 0 spiro atoms. The van der Waals surface area contributed by atoms with Crippen LogP contribution in [-0.4, -0.2) is 36.9 Å². The third-order valence-electron chi connectivity index (χ3n) is 4.97. The van der Waals surface area contributed by atoms with Crippen LogP contribution in [0, 0.1) is 11.8 Å². The summed E-state index contributed by atoms with van der Waals surface area (Å²) in [5.41, 5.74) is 8.21. The fraction of sp³-hybridized carbons (Fsp3) is 0.529. The molecule has 3 N–H and O–H groups in total. The summed E-state index contributed by atoms with van der Waals surface area (Å²) < 4.78 is 0. The smallest absolute Gasteiger partial charge is 0.253 e. The van der Waals surface area contributed by atoms with Crippen molar-refractivity contribution in [3.8, 4) is 0 Å². The van der Waals surface area contributed by atoms with Crippen LogP contribution in [0.2, 0.25) is 0 Å². The molecule has 23 heavy (non-hydrogen) atoms. The second-order valence-corrected chi connectivity index (χ2v) is 6.37. The van der Waals surface area contributed by atoms with Crippen LogP contribution in [0.1, 0.15) is 35.2 Å². The second-order valence-electron chi connectivity index (χ2n) is 6.37. The van der Waals surface area contributed by atoms with E-state index in [1.54, 1.807) is 18.0 Å². The van der Waals surface area contributed by atoms with Gasteiger partial charge in [0, 0.05) is 30.8 Å². The Morgan fingerprint density at radius 2 is 2.17 bits per heavy atom. The van der Waals surface area contributed by atoms with Crippen LogP contribution < -0.4 is 11.1 Å². The Morgan fingerprint density at radius 1 is 1.39 bits per heavy atom. The Hall–Kier alpha value is -1.59. The van der Waals surface area contributed by atoms with Gasteiger partial charge in [-0.25, -0.2) is 0 Å². The van der Waals surface area contributed by atoms with E-state index in [2.05, 4.69) is 5.32 Å². The number of halogens is 1. The largest absolute Gasteiger partial charge is 0.341 e. The lowest BCUT2D eigenvalue weighted by Gasteiger charge is -2.25. The predicted molar refractivity (Wildman–Crippen MR) is 92.9 cm³/mol. The van der Waals surface area contributed by atoms with Crippen LogP contribution in [0.3, 0.4) is 0 Å². The standard InChI is InChI=1S/C17H23N3O2.ClH/c1-20-8-7-11-5-6-13(9-15(11)17(20)22)19-16(21)14-4-2-3-12(14)10-18;/h5-6,9,12,14H,2-4,7-8,10,18H2,1H3,(H,19,21);1H/t12-,14-;/m1./s1. The van der Waals surface area contributed by atoms with Gasteiger partial charge < -0.3 is 16.0 Å². The lowest BCUT2D eigenvalue weighted by molar-refractivity contribution is -0.120. The molecule has 3 rings (SSSR count). The summed E-state index contributed by atoms with van der Waals surface area (Å²) in [5, 5.41) is 2.97. The van der Waals surface area contributed by atoms with Crippen molar-refractivity contribution in [2.24, 2.45) is 17.6 Å². The Labute approximate surface area is 143 Å². The molecule has 2 aliphatic rings. The van der Waals surface area contributed by atoms with Gasteiger partial charge in [0.05, 0.1) is 0 Å². The van der Waals surface area contributed by atoms with Gasteiger partial charge in [-0.2, -0.15) is 0 Å². The van der Waals surface area contributed by atoms with Crippen molar-refractivity contribution in [3.05, 3.63) is 29.3 Å². The molecule has 1 aliphatic heterocycles. The van der Waals surface area contributed by atoms with E-state index < -0.39 is 0 Å². The number of nitrogens with zero attached hydrogens (tertiary/aromatic N) is 1. The van der Waals surface area contributed by atoms with Crippen molar-refractivity contribution in [2.75, 3.05) is 25.5 Å². The number of fused-ring (bicyclic) bond motifs is 1. The number of hydrogen-bond donors (Lipinski definition) is 2. The summed E-state index contributed by atoms with van der Waals surface area (Å²) in [6.07, 6.45) is 3.86. The Balaban J connectivity index is 0.00000192. The van der Waals surface area contributed by atoms with Crippen LogP contribution >= 0.6 is 12.4 Å². The van der Waals surface area contributed by atoms with E-state index in [4.69, 9.17) is 5.73 Å². The average molecular weight is 338 g/mol. The first-order valence-corrected chi connectivity index (χ1v) is 7.99. The highest BCUT2D eigenvalue weighted by Gasteiger charge is 2.32. The number of nitrogens with one attached hydrogen (secondary N) is 1. The SMILES string of the molecule is CN1CCc2ccc(NC(=O)[C@@H]3CCC[C@@H]3CN)cc2C1=O.Cl. The van der Waals surface area contributed by atoms with Crippen LogP contribution in [-0.2, 0) is 11.2 Å². The molecule has 6 heteroatoms. The summed E-state index contributed by atoms with van der Waals surface area (Å²) >= 11 is 0. The van der Waals surface area contributed by atoms with E-state index in [1.165, 1.54) is 0 Å². The lowest BCUT2D eigenvalue weighted by Crippen LogP contribution is -2.34. The van der Waals surface area contributed by atoms with Crippen molar-refractivity contribution >= 4 is 29.9 Å². The minimum atomic E-state index is -0.000549. The highest BCUT2D eigenvalue weighted by molar-refractivity contribution is 5.99. The van der Waals surface area contributed by atoms with Crippen LogP contribution in [0.5, 0.6) is 0 Å². The van der Waals surface area contributed by atoms with Gasteiger partial charge in [0.25, 0.3) is 5.91 Å². The van der Waals surface area contributed by atoms with Crippen molar-refractivity contribution in [1.82, 2.24) is 4.90 Å². The summed E-state index contributed by atoms with van der Waals surface area (Å²) in [4.78, 5) is 26.4. The number of anilines is 1. The molecule has 2 amide bonds. The molecule has 1 aromatic carbocycles. The number of amides is 2. The summed E-state index contributed by atoms with van der Waals surface area (Å²) in [6.45, 7) is 1.31. The number of nitrogens with two attached hydrogens (primary N) is 1. The molecule has 1 aromatic rings. The van der Waals surface area contributed by atoms with E-state index in [0.717, 1.165) is 37.8 Å². The molecule has 1 heterocycles. The van der Waals surface area contributed by atoms with E-state index in [1.807, 2.05) is 12.1 Å². The molecular formula is C17H24ClN3O2. The van der Waals surface area contributed by atoms with Gasteiger partial charge in [-0.05, 0) is 49.4 Å². The number of likely N-dealkylation sites (N-methyl/N-ethyl adjacent to an activating group) is 1. The summed E-state index contributed by atoms with van der Waals surface area (Å²) in [5.74, 6) is 0.340. The summed E-state index contributed by atoms with van der Waals surface area (Å²) in [7, 11) is 1.81. The molecule has 2 atom stereocenters. The third kappa shape index (κ3) is 3.51. The molecule has 126 valence electrons. The molecule has 1 saturated carbocycles. The van der Waals surface area contributed by atoms with E-state index in [-0.39, 0.29) is 36.1 Å². The molecule has 0 bridgehead atoms. The quantitative estimate of drug-likeness (QED) is 0.886. The van der Waals surface area contributed by atoms with Crippen LogP contribution in [0.25, 0.3) is 0 Å². The Morgan fingerprint density at radius 3 is 2.91 bits per heavy atom. The molecule has 0 radical (unpaired) electrons. The minimum Gasteiger partial charge on any atom is -0.341 e. The Bertz CT molecular complexity index is 606. The second kappa shape index (κ2) is 7.32. The fourth-order valence-corrected chi connectivity index (χ4v) is 3.57. The number of rotatable bonds is 3. The zero-order valence-electron chi connectivity index (χ0n) is 13.4. The highest BCUT2D eigenvalue weighted by atomic mass is 35.5. The summed E-state index contributed by atoms with van der Waals surface area (Å²) in [6, 6.07) is 5.64. The van der Waals surface area contributed by atoms with Gasteiger partial charge in [-0.3, -0.25) is 9.59 Å². The topological polar surface area (TPSA) is 75.4 Å². The maximum Gasteiger partial charge on any atom is 0.253 e. The maximum absolute atomic E-state index is 12.4. The maximum atomic E-state index is 12.4. The van der Waals surface area contributed by atoms with Gasteiger partial charge in [0.1, 0.15) is 0 Å². The number of hydrogen-bond acceptors (Lipinski definition) is 3. The van der Waals surface area contributed by atoms with Gasteiger partial charge in [-0.15, -0.1) is 12.4 Å². The zero-order chi connectivity index (χ0) is 15.7. The van der Waals surface area contributed by atoms with E-state index >= 15 is 0 Å². The monoisotopic (exact) mass is 337 g/mol. The van der Waals surface area contributed by atoms with Gasteiger partial charge in [0.15, 0.2) is 0 Å². The number of carbonyl (C=O) groups excluding carboxylic acids is 2. The molecule has 0 saturated heterocycles.